The van der Waals surface area contributed by atoms with Gasteiger partial charge in [-0.05, 0) is 18.6 Å². The maximum atomic E-state index is 12.4. The summed E-state index contributed by atoms with van der Waals surface area (Å²) in [5.74, 6) is -0.262. The van der Waals surface area contributed by atoms with Crippen molar-refractivity contribution in [3.05, 3.63) is 17.9 Å². The Morgan fingerprint density at radius 1 is 1.37 bits per heavy atom. The normalized spacial score (nSPS) is 12.9. The van der Waals surface area contributed by atoms with Crippen molar-refractivity contribution in [2.75, 3.05) is 13.1 Å². The van der Waals surface area contributed by atoms with Crippen molar-refractivity contribution in [3.63, 3.8) is 0 Å². The number of alkyl halides is 3. The zero-order valence-corrected chi connectivity index (χ0v) is 10.8. The lowest BCUT2D eigenvalue weighted by atomic mass is 10.5. The second kappa shape index (κ2) is 5.74. The van der Waals surface area contributed by atoms with Gasteiger partial charge in [0.15, 0.2) is 12.0 Å². The summed E-state index contributed by atoms with van der Waals surface area (Å²) in [6.45, 7) is -0.336. The van der Waals surface area contributed by atoms with Crippen molar-refractivity contribution >= 4 is 16.3 Å². The Balaban J connectivity index is 3.08. The van der Waals surface area contributed by atoms with E-state index in [0.29, 0.717) is 0 Å². The van der Waals surface area contributed by atoms with Gasteiger partial charge in [-0.2, -0.15) is 17.5 Å². The van der Waals surface area contributed by atoms with Gasteiger partial charge in [-0.25, -0.2) is 8.42 Å². The first-order chi connectivity index (χ1) is 8.70. The van der Waals surface area contributed by atoms with Gasteiger partial charge in [-0.1, -0.05) is 6.92 Å². The highest BCUT2D eigenvalue weighted by Gasteiger charge is 2.37. The Kier molecular flexibility index (Phi) is 4.75. The fourth-order valence-corrected chi connectivity index (χ4v) is 2.83. The van der Waals surface area contributed by atoms with Crippen LogP contribution in [0, 0.1) is 0 Å². The number of carbonyl (C=O) groups excluding carboxylic acids is 1. The first-order valence-electron chi connectivity index (χ1n) is 5.32. The summed E-state index contributed by atoms with van der Waals surface area (Å²) >= 11 is 0. The van der Waals surface area contributed by atoms with Gasteiger partial charge in [-0.3, -0.25) is 4.79 Å². The molecular formula is C10H12F3NO4S. The van der Waals surface area contributed by atoms with Crippen molar-refractivity contribution in [3.8, 4) is 0 Å². The molecule has 0 amide bonds. The number of carbonyl (C=O) groups is 1. The van der Waals surface area contributed by atoms with E-state index in [9.17, 15) is 26.4 Å². The topological polar surface area (TPSA) is 67.6 Å². The molecule has 0 unspecified atom stereocenters. The average Bonchev–Trinajstić information content (AvgIpc) is 2.75. The fraction of sp³-hybridized carbons (Fsp3) is 0.500. The van der Waals surface area contributed by atoms with Crippen LogP contribution in [0.15, 0.2) is 21.6 Å². The third-order valence-electron chi connectivity index (χ3n) is 2.14. The van der Waals surface area contributed by atoms with Crippen molar-refractivity contribution in [2.24, 2.45) is 0 Å². The molecule has 0 aliphatic carbocycles. The van der Waals surface area contributed by atoms with Gasteiger partial charge in [0, 0.05) is 6.54 Å². The molecule has 0 radical (unpaired) electrons. The van der Waals surface area contributed by atoms with Crippen LogP contribution in [0.5, 0.6) is 0 Å². The van der Waals surface area contributed by atoms with Gasteiger partial charge in [-0.15, -0.1) is 0 Å². The van der Waals surface area contributed by atoms with Crippen LogP contribution in [0.25, 0.3) is 0 Å². The maximum absolute atomic E-state index is 12.4. The quantitative estimate of drug-likeness (QED) is 0.754. The van der Waals surface area contributed by atoms with E-state index in [0.717, 1.165) is 12.1 Å². The van der Waals surface area contributed by atoms with Gasteiger partial charge < -0.3 is 4.42 Å². The van der Waals surface area contributed by atoms with Crippen molar-refractivity contribution in [1.82, 2.24) is 4.31 Å². The molecular weight excluding hydrogens is 287 g/mol. The summed E-state index contributed by atoms with van der Waals surface area (Å²) in [5.41, 5.74) is 0. The second-order valence-corrected chi connectivity index (χ2v) is 5.60. The molecule has 1 aromatic heterocycles. The van der Waals surface area contributed by atoms with Crippen LogP contribution in [0.1, 0.15) is 23.9 Å². The van der Waals surface area contributed by atoms with E-state index in [1.54, 1.807) is 6.92 Å². The third-order valence-corrected chi connectivity index (χ3v) is 3.86. The first-order valence-corrected chi connectivity index (χ1v) is 6.76. The molecule has 0 fully saturated rings. The number of nitrogens with zero attached hydrogens (tertiary/aromatic N) is 1. The smallest absolute Gasteiger partial charge is 0.402 e. The van der Waals surface area contributed by atoms with Crippen LogP contribution in [-0.2, 0) is 10.0 Å². The van der Waals surface area contributed by atoms with Crippen LogP contribution >= 0.6 is 0 Å². The first kappa shape index (κ1) is 15.7. The largest absolute Gasteiger partial charge is 0.440 e. The highest BCUT2D eigenvalue weighted by atomic mass is 32.2. The minimum atomic E-state index is -4.65. The molecule has 108 valence electrons. The van der Waals surface area contributed by atoms with Gasteiger partial charge in [0.05, 0.1) is 0 Å². The zero-order chi connectivity index (χ0) is 14.7. The van der Waals surface area contributed by atoms with Crippen LogP contribution in [0.3, 0.4) is 0 Å². The molecule has 0 N–H and O–H groups in total. The minimum absolute atomic E-state index is 0.219. The number of sulfonamides is 1. The van der Waals surface area contributed by atoms with Gasteiger partial charge in [0.25, 0.3) is 10.0 Å². The van der Waals surface area contributed by atoms with E-state index >= 15 is 0 Å². The third kappa shape index (κ3) is 4.06. The summed E-state index contributed by atoms with van der Waals surface area (Å²) in [6, 6.07) is 2.04. The molecule has 5 nitrogen and oxygen atoms in total. The van der Waals surface area contributed by atoms with Gasteiger partial charge in [0.1, 0.15) is 6.54 Å². The van der Waals surface area contributed by atoms with Crippen molar-refractivity contribution < 1.29 is 30.8 Å². The number of furan rings is 1. The number of hydrogen-bond acceptors (Lipinski definition) is 4. The molecule has 19 heavy (non-hydrogen) atoms. The number of rotatable bonds is 6. The van der Waals surface area contributed by atoms with Crippen LogP contribution in [0.4, 0.5) is 13.2 Å². The molecule has 1 aromatic rings. The monoisotopic (exact) mass is 299 g/mol. The van der Waals surface area contributed by atoms with E-state index in [2.05, 4.69) is 4.42 Å². The summed E-state index contributed by atoms with van der Waals surface area (Å²) in [5, 5.41) is -0.674. The van der Waals surface area contributed by atoms with E-state index in [1.807, 2.05) is 0 Å². The Labute approximate surface area is 108 Å². The van der Waals surface area contributed by atoms with E-state index in [1.165, 1.54) is 0 Å². The average molecular weight is 299 g/mol. The van der Waals surface area contributed by atoms with E-state index in [4.69, 9.17) is 0 Å². The highest BCUT2D eigenvalue weighted by Crippen LogP contribution is 2.23. The molecule has 0 aliphatic rings. The Morgan fingerprint density at radius 2 is 2.00 bits per heavy atom. The minimum Gasteiger partial charge on any atom is -0.440 e. The second-order valence-electron chi connectivity index (χ2n) is 3.73. The van der Waals surface area contributed by atoms with E-state index in [-0.39, 0.29) is 29.3 Å². The lowest BCUT2D eigenvalue weighted by Gasteiger charge is -2.21. The molecule has 1 heterocycles. The standard InChI is InChI=1S/C10H12F3NO4S/c1-2-5-14(7-10(11,12)13)19(16,17)9-4-3-8(6-15)18-9/h3-4,6H,2,5,7H2,1H3. The molecule has 0 aromatic carbocycles. The molecule has 0 spiro atoms. The summed E-state index contributed by atoms with van der Waals surface area (Å²) in [4.78, 5) is 10.4. The van der Waals surface area contributed by atoms with E-state index < -0.39 is 27.8 Å². The molecule has 0 saturated heterocycles. The molecule has 0 saturated carbocycles. The summed E-state index contributed by atoms with van der Waals surface area (Å²) in [7, 11) is -4.40. The number of aldehydes is 1. The maximum Gasteiger partial charge on any atom is 0.402 e. The summed E-state index contributed by atoms with van der Waals surface area (Å²) < 4.78 is 65.9. The van der Waals surface area contributed by atoms with Crippen molar-refractivity contribution in [2.45, 2.75) is 24.6 Å². The van der Waals surface area contributed by atoms with Crippen LogP contribution in [0.2, 0.25) is 0 Å². The molecule has 0 atom stereocenters. The Morgan fingerprint density at radius 3 is 2.42 bits per heavy atom. The lowest BCUT2D eigenvalue weighted by molar-refractivity contribution is -0.136. The Hall–Kier alpha value is -1.35. The number of hydrogen-bond donors (Lipinski definition) is 0. The lowest BCUT2D eigenvalue weighted by Crippen LogP contribution is -2.39. The highest BCUT2D eigenvalue weighted by molar-refractivity contribution is 7.89. The predicted molar refractivity (Wildman–Crippen MR) is 59.2 cm³/mol. The molecule has 0 bridgehead atoms. The molecule has 9 heteroatoms. The van der Waals surface area contributed by atoms with Crippen LogP contribution < -0.4 is 0 Å². The Bertz CT molecular complexity index is 535. The van der Waals surface area contributed by atoms with Gasteiger partial charge >= 0.3 is 6.18 Å². The molecule has 0 aliphatic heterocycles. The molecule has 1 rings (SSSR count). The SMILES string of the molecule is CCCN(CC(F)(F)F)S(=O)(=O)c1ccc(C=O)o1. The summed E-state index contributed by atoms with van der Waals surface area (Å²) in [6.07, 6.45) is -4.16. The fourth-order valence-electron chi connectivity index (χ4n) is 1.40. The van der Waals surface area contributed by atoms with Gasteiger partial charge in [0.2, 0.25) is 5.09 Å². The predicted octanol–water partition coefficient (Wildman–Crippen LogP) is 2.06. The van der Waals surface area contributed by atoms with Crippen molar-refractivity contribution in [1.29, 1.82) is 0 Å². The van der Waals surface area contributed by atoms with Crippen LogP contribution in [-0.4, -0.2) is 38.3 Å². The number of halogens is 3. The zero-order valence-electron chi connectivity index (χ0n) is 9.98.